The van der Waals surface area contributed by atoms with Crippen molar-refractivity contribution in [2.75, 3.05) is 4.72 Å². The first-order valence-electron chi connectivity index (χ1n) is 19.2. The average Bonchev–Trinajstić information content (AvgIpc) is 4.11. The van der Waals surface area contributed by atoms with Crippen LogP contribution in [0, 0.1) is 17.6 Å². The topological polar surface area (TPSA) is 146 Å². The van der Waals surface area contributed by atoms with E-state index in [-0.39, 0.29) is 35.2 Å². The van der Waals surface area contributed by atoms with Crippen LogP contribution in [0.15, 0.2) is 53.3 Å². The second-order valence-corrected chi connectivity index (χ2v) is 18.0. The maximum Gasteiger partial charge on any atom is 0.416 e. The molecule has 2 fully saturated rings. The molecule has 338 valence electrons. The van der Waals surface area contributed by atoms with Gasteiger partial charge in [0.1, 0.15) is 41.9 Å². The lowest BCUT2D eigenvalue weighted by Crippen LogP contribution is -2.38. The fourth-order valence-corrected chi connectivity index (χ4v) is 9.92. The summed E-state index contributed by atoms with van der Waals surface area (Å²) in [5, 5.41) is 8.05. The van der Waals surface area contributed by atoms with Crippen LogP contribution in [-0.4, -0.2) is 55.1 Å². The van der Waals surface area contributed by atoms with Gasteiger partial charge in [-0.1, -0.05) is 11.6 Å². The summed E-state index contributed by atoms with van der Waals surface area (Å²) in [5.41, 5.74) is -6.71. The number of aromatic nitrogens is 6. The van der Waals surface area contributed by atoms with Gasteiger partial charge in [0.2, 0.25) is 15.9 Å². The third-order valence-corrected chi connectivity index (χ3v) is 13.4. The van der Waals surface area contributed by atoms with E-state index in [0.717, 1.165) is 30.3 Å². The first-order chi connectivity index (χ1) is 30.0. The molecule has 2 saturated carbocycles. The molecular weight excluding hydrogens is 921 g/mol. The van der Waals surface area contributed by atoms with E-state index < -0.39 is 157 Å². The van der Waals surface area contributed by atoms with Crippen LogP contribution >= 0.6 is 11.6 Å². The number of carbonyl (C=O) groups excluding carboxylic acids is 1. The molecule has 0 radical (unpaired) electrons. The van der Waals surface area contributed by atoms with Gasteiger partial charge in [0.15, 0.2) is 5.82 Å². The van der Waals surface area contributed by atoms with Gasteiger partial charge in [-0.3, -0.25) is 28.2 Å². The van der Waals surface area contributed by atoms with Crippen molar-refractivity contribution < 1.29 is 61.5 Å². The van der Waals surface area contributed by atoms with Gasteiger partial charge in [-0.15, -0.1) is 0 Å². The number of hydrogen-bond donors (Lipinski definition) is 2. The van der Waals surface area contributed by atoms with Crippen LogP contribution in [0.5, 0.6) is 0 Å². The van der Waals surface area contributed by atoms with Crippen molar-refractivity contribution in [3.8, 4) is 5.69 Å². The Hall–Kier alpha value is -5.78. The fourth-order valence-electron chi connectivity index (χ4n) is 8.34. The monoisotopic (exact) mass is 948 g/mol. The zero-order valence-corrected chi connectivity index (χ0v) is 33.7. The molecule has 6 aromatic rings. The molecule has 25 heteroatoms. The molecule has 0 saturated heterocycles. The van der Waals surface area contributed by atoms with Gasteiger partial charge in [0.05, 0.1) is 49.4 Å². The van der Waals surface area contributed by atoms with Gasteiger partial charge in [0, 0.05) is 24.0 Å². The Kier molecular flexibility index (Phi) is 10.3. The van der Waals surface area contributed by atoms with E-state index >= 15 is 8.78 Å². The van der Waals surface area contributed by atoms with Crippen molar-refractivity contribution in [1.29, 1.82) is 0 Å². The van der Waals surface area contributed by atoms with Gasteiger partial charge in [-0.2, -0.15) is 32.1 Å². The molecule has 0 unspecified atom stereocenters. The van der Waals surface area contributed by atoms with Crippen LogP contribution in [-0.2, 0) is 46.4 Å². The zero-order chi connectivity index (χ0) is 45.9. The van der Waals surface area contributed by atoms with Crippen molar-refractivity contribution in [2.24, 2.45) is 5.92 Å². The number of hydrogen-bond acceptors (Lipinski definition) is 7. The van der Waals surface area contributed by atoms with Crippen molar-refractivity contribution >= 4 is 55.2 Å². The van der Waals surface area contributed by atoms with Crippen molar-refractivity contribution in [3.05, 3.63) is 109 Å². The van der Waals surface area contributed by atoms with Gasteiger partial charge in [0.25, 0.3) is 24.3 Å². The molecule has 0 bridgehead atoms. The highest BCUT2D eigenvalue weighted by Gasteiger charge is 2.67. The lowest BCUT2D eigenvalue weighted by Gasteiger charge is -2.24. The van der Waals surface area contributed by atoms with E-state index in [9.17, 15) is 57.5 Å². The Morgan fingerprint density at radius 2 is 1.67 bits per heavy atom. The predicted molar refractivity (Wildman–Crippen MR) is 205 cm³/mol. The minimum atomic E-state index is -5.00. The largest absolute Gasteiger partial charge is 0.416 e. The minimum Gasteiger partial charge on any atom is -0.344 e. The Morgan fingerprint density at radius 3 is 2.31 bits per heavy atom. The summed E-state index contributed by atoms with van der Waals surface area (Å²) in [4.78, 5) is 33.1. The number of carbonyl (C=O) groups is 1. The molecule has 3 aliphatic rings. The van der Waals surface area contributed by atoms with E-state index in [4.69, 9.17) is 11.6 Å². The molecule has 3 aromatic heterocycles. The van der Waals surface area contributed by atoms with Crippen LogP contribution in [0.1, 0.15) is 71.6 Å². The van der Waals surface area contributed by atoms with Crippen molar-refractivity contribution in [3.63, 3.8) is 0 Å². The molecule has 1 amide bonds. The second-order valence-electron chi connectivity index (χ2n) is 15.7. The molecule has 2 N–H and O–H groups in total. The number of fused-ring (bicyclic) bond motifs is 5. The highest BCUT2D eigenvalue weighted by Crippen LogP contribution is 2.68. The Bertz CT molecular complexity index is 3080. The summed E-state index contributed by atoms with van der Waals surface area (Å²) in [5.74, 6) is -10.8. The Morgan fingerprint density at radius 1 is 0.969 bits per heavy atom. The summed E-state index contributed by atoms with van der Waals surface area (Å²) >= 11 is 6.55. The van der Waals surface area contributed by atoms with Gasteiger partial charge < -0.3 is 5.32 Å². The Labute approximate surface area is 357 Å². The number of alkyl halides is 9. The smallest absolute Gasteiger partial charge is 0.344 e. The molecule has 0 spiro atoms. The van der Waals surface area contributed by atoms with Crippen molar-refractivity contribution in [1.82, 2.24) is 34.4 Å². The number of amides is 1. The molecule has 3 heterocycles. The number of rotatable bonds is 13. The maximum atomic E-state index is 15.5. The molecular formula is C39H28ClF11N8O4S. The summed E-state index contributed by atoms with van der Waals surface area (Å²) in [7, 11) is -4.16. The number of halogens is 12. The molecule has 3 atom stereocenters. The summed E-state index contributed by atoms with van der Waals surface area (Å²) in [6.45, 7) is -2.44. The number of nitrogens with one attached hydrogen (secondary N) is 2. The third-order valence-electron chi connectivity index (χ3n) is 11.3. The third kappa shape index (κ3) is 7.60. The van der Waals surface area contributed by atoms with E-state index in [2.05, 4.69) is 25.2 Å². The van der Waals surface area contributed by atoms with Gasteiger partial charge in [-0.25, -0.2) is 39.7 Å². The molecule has 3 aromatic carbocycles. The predicted octanol–water partition coefficient (Wildman–Crippen LogP) is 8.30. The van der Waals surface area contributed by atoms with Crippen LogP contribution < -0.4 is 15.6 Å². The van der Waals surface area contributed by atoms with Crippen LogP contribution in [0.25, 0.3) is 27.5 Å². The van der Waals surface area contributed by atoms with E-state index in [1.54, 1.807) is 0 Å². The standard InChI is InChI=1S/C39H28ClF11N8O4S/c40-23-5-6-26(32-30(23)35(55-57(32)13-27(43)44)56-64(62,63)19-2-3-19)59-36(53-24-10-16(39(49,50)51)1-4-20(24)37(59)61)25(9-15-7-17(41)11-18(42)8-15)52-28(60)14-58-33-29(31(54-58)34(45)46)21-12-22(21)38(33,47)48/h1,4-8,10-11,19,21-22,25,27,34H,2-3,9,12-14H2,(H,52,60)(H,55,56)/t21-,22+,25-/m0/s1. The Balaban J connectivity index is 1.27. The summed E-state index contributed by atoms with van der Waals surface area (Å²) in [6.07, 6.45) is -11.8. The molecule has 12 nitrogen and oxygen atoms in total. The molecule has 9 rings (SSSR count). The summed E-state index contributed by atoms with van der Waals surface area (Å²) < 4.78 is 189. The molecule has 64 heavy (non-hydrogen) atoms. The number of nitrogens with zero attached hydrogens (tertiary/aromatic N) is 6. The fraction of sp³-hybridized carbons (Fsp3) is 0.359. The average molecular weight is 949 g/mol. The first kappa shape index (κ1) is 43.5. The normalized spacial score (nSPS) is 18.5. The second kappa shape index (κ2) is 15.2. The highest BCUT2D eigenvalue weighted by atomic mass is 35.5. The van der Waals surface area contributed by atoms with Crippen LogP contribution in [0.2, 0.25) is 5.02 Å². The lowest BCUT2D eigenvalue weighted by atomic mass is 10.0. The molecule has 3 aliphatic carbocycles. The SMILES string of the molecule is O=C(Cn1nc(C(F)F)c2c1C(F)(F)[C@@H]1C[C@H]21)N[C@@H](Cc1cc(F)cc(F)c1)c1nc2cc(C(F)(F)F)ccc2c(=O)n1-c1ccc(Cl)c2c(NS(=O)(=O)C3CC3)nn(CC(F)F)c12. The summed E-state index contributed by atoms with van der Waals surface area (Å²) in [6, 6.07) is 4.09. The highest BCUT2D eigenvalue weighted by molar-refractivity contribution is 7.93. The van der Waals surface area contributed by atoms with Crippen LogP contribution in [0.3, 0.4) is 0 Å². The zero-order valence-electron chi connectivity index (χ0n) is 32.1. The molecule has 0 aliphatic heterocycles. The van der Waals surface area contributed by atoms with Gasteiger partial charge in [-0.05, 0) is 73.2 Å². The van der Waals surface area contributed by atoms with E-state index in [1.165, 1.54) is 0 Å². The van der Waals surface area contributed by atoms with E-state index in [0.29, 0.717) is 32.1 Å². The van der Waals surface area contributed by atoms with Crippen LogP contribution in [0.4, 0.5) is 54.1 Å². The minimum absolute atomic E-state index is 0.104. The van der Waals surface area contributed by atoms with Crippen molar-refractivity contribution in [2.45, 2.75) is 80.9 Å². The maximum absolute atomic E-state index is 15.5. The quantitative estimate of drug-likeness (QED) is 0.111. The number of sulfonamides is 1. The first-order valence-corrected chi connectivity index (χ1v) is 21.1. The lowest BCUT2D eigenvalue weighted by molar-refractivity contribution is -0.137. The van der Waals surface area contributed by atoms with Gasteiger partial charge >= 0.3 is 6.18 Å². The number of benzene rings is 3. The van der Waals surface area contributed by atoms with E-state index in [1.807, 2.05) is 0 Å². The number of anilines is 1.